The van der Waals surface area contributed by atoms with Crippen LogP contribution in [-0.2, 0) is 11.0 Å². The van der Waals surface area contributed by atoms with Crippen LogP contribution in [0, 0.1) is 0 Å². The summed E-state index contributed by atoms with van der Waals surface area (Å²) in [5.41, 5.74) is -1.09. The summed E-state index contributed by atoms with van der Waals surface area (Å²) < 4.78 is 38.2. The maximum absolute atomic E-state index is 12.7. The Morgan fingerprint density at radius 2 is 2.11 bits per heavy atom. The van der Waals surface area contributed by atoms with Gasteiger partial charge in [-0.15, -0.1) is 0 Å². The first-order chi connectivity index (χ1) is 8.20. The first-order valence-electron chi connectivity index (χ1n) is 5.05. The summed E-state index contributed by atoms with van der Waals surface area (Å²) in [6.45, 7) is 1.49. The smallest absolute Gasteiger partial charge is 0.418 e. The van der Waals surface area contributed by atoms with Crippen molar-refractivity contribution in [2.45, 2.75) is 25.6 Å². The summed E-state index contributed by atoms with van der Waals surface area (Å²) in [5.74, 6) is -1.09. The standard InChI is InChI=1S/C11H11ClF3NO2/c1-6(4-10(17)18)16-9-3-2-7(12)5-8(9)11(13,14)15/h2-3,5-6,16H,4H2,1H3,(H,17,18). The highest BCUT2D eigenvalue weighted by Crippen LogP contribution is 2.36. The molecule has 100 valence electrons. The molecule has 1 unspecified atom stereocenters. The topological polar surface area (TPSA) is 49.3 Å². The minimum absolute atomic E-state index is 0.0289. The van der Waals surface area contributed by atoms with Crippen LogP contribution < -0.4 is 5.32 Å². The quantitative estimate of drug-likeness (QED) is 0.886. The Bertz CT molecular complexity index is 448. The van der Waals surface area contributed by atoms with E-state index in [9.17, 15) is 18.0 Å². The molecule has 1 aromatic carbocycles. The van der Waals surface area contributed by atoms with Crippen molar-refractivity contribution in [3.8, 4) is 0 Å². The fourth-order valence-corrected chi connectivity index (χ4v) is 1.63. The van der Waals surface area contributed by atoms with Crippen LogP contribution in [0.15, 0.2) is 18.2 Å². The summed E-state index contributed by atoms with van der Waals surface area (Å²) in [6.07, 6.45) is -4.82. The lowest BCUT2D eigenvalue weighted by Gasteiger charge is -2.18. The van der Waals surface area contributed by atoms with E-state index in [1.54, 1.807) is 0 Å². The molecular weight excluding hydrogens is 271 g/mol. The zero-order valence-electron chi connectivity index (χ0n) is 9.38. The van der Waals surface area contributed by atoms with E-state index in [2.05, 4.69) is 5.32 Å². The molecular formula is C11H11ClF3NO2. The molecule has 0 spiro atoms. The molecule has 18 heavy (non-hydrogen) atoms. The summed E-state index contributed by atoms with van der Waals surface area (Å²) in [4.78, 5) is 10.5. The van der Waals surface area contributed by atoms with Crippen molar-refractivity contribution in [2.75, 3.05) is 5.32 Å². The molecule has 0 radical (unpaired) electrons. The highest BCUT2D eigenvalue weighted by Gasteiger charge is 2.34. The van der Waals surface area contributed by atoms with E-state index in [1.807, 2.05) is 0 Å². The van der Waals surface area contributed by atoms with Gasteiger partial charge in [0.25, 0.3) is 0 Å². The van der Waals surface area contributed by atoms with E-state index in [-0.39, 0.29) is 17.1 Å². The summed E-state index contributed by atoms with van der Waals surface area (Å²) >= 11 is 5.52. The van der Waals surface area contributed by atoms with Crippen molar-refractivity contribution < 1.29 is 23.1 Å². The third kappa shape index (κ3) is 4.10. The number of hydrogen-bond acceptors (Lipinski definition) is 2. The van der Waals surface area contributed by atoms with E-state index in [1.165, 1.54) is 19.1 Å². The van der Waals surface area contributed by atoms with Crippen LogP contribution in [0.2, 0.25) is 5.02 Å². The third-order valence-electron chi connectivity index (χ3n) is 2.17. The molecule has 0 aromatic heterocycles. The van der Waals surface area contributed by atoms with Crippen molar-refractivity contribution in [1.29, 1.82) is 0 Å². The molecule has 1 aromatic rings. The van der Waals surface area contributed by atoms with Crippen molar-refractivity contribution in [1.82, 2.24) is 0 Å². The van der Waals surface area contributed by atoms with Crippen LogP contribution in [-0.4, -0.2) is 17.1 Å². The molecule has 0 heterocycles. The number of carboxylic acid groups (broad SMARTS) is 1. The lowest BCUT2D eigenvalue weighted by atomic mass is 10.1. The maximum Gasteiger partial charge on any atom is 0.418 e. The molecule has 0 amide bonds. The van der Waals surface area contributed by atoms with Gasteiger partial charge < -0.3 is 10.4 Å². The van der Waals surface area contributed by atoms with E-state index in [4.69, 9.17) is 16.7 Å². The number of halogens is 4. The van der Waals surface area contributed by atoms with E-state index in [0.717, 1.165) is 6.07 Å². The molecule has 0 saturated heterocycles. The number of anilines is 1. The molecule has 1 rings (SSSR count). The Morgan fingerprint density at radius 1 is 1.50 bits per heavy atom. The average Bonchev–Trinajstić information content (AvgIpc) is 2.17. The fraction of sp³-hybridized carbons (Fsp3) is 0.364. The van der Waals surface area contributed by atoms with Crippen LogP contribution in [0.5, 0.6) is 0 Å². The van der Waals surface area contributed by atoms with Crippen molar-refractivity contribution in [3.63, 3.8) is 0 Å². The Kier molecular flexibility index (Phi) is 4.45. The number of hydrogen-bond donors (Lipinski definition) is 2. The molecule has 3 nitrogen and oxygen atoms in total. The number of carboxylic acids is 1. The van der Waals surface area contributed by atoms with E-state index in [0.29, 0.717) is 0 Å². The Hall–Kier alpha value is -1.43. The number of rotatable bonds is 4. The number of alkyl halides is 3. The summed E-state index contributed by atoms with van der Waals surface area (Å²) in [5, 5.41) is 11.0. The number of nitrogens with one attached hydrogen (secondary N) is 1. The summed E-state index contributed by atoms with van der Waals surface area (Å²) in [7, 11) is 0. The normalized spacial score (nSPS) is 13.2. The molecule has 0 saturated carbocycles. The van der Waals surface area contributed by atoms with Gasteiger partial charge in [0.05, 0.1) is 12.0 Å². The molecule has 0 aliphatic heterocycles. The SMILES string of the molecule is CC(CC(=O)O)Nc1ccc(Cl)cc1C(F)(F)F. The lowest BCUT2D eigenvalue weighted by molar-refractivity contribution is -0.137. The fourth-order valence-electron chi connectivity index (χ4n) is 1.46. The second-order valence-electron chi connectivity index (χ2n) is 3.83. The minimum Gasteiger partial charge on any atom is -0.481 e. The van der Waals surface area contributed by atoms with Crippen LogP contribution in [0.4, 0.5) is 18.9 Å². The molecule has 0 aliphatic carbocycles. The van der Waals surface area contributed by atoms with Crippen molar-refractivity contribution in [2.24, 2.45) is 0 Å². The lowest BCUT2D eigenvalue weighted by Crippen LogP contribution is -2.21. The second-order valence-corrected chi connectivity index (χ2v) is 4.27. The van der Waals surface area contributed by atoms with Gasteiger partial charge in [0.15, 0.2) is 0 Å². The maximum atomic E-state index is 12.7. The van der Waals surface area contributed by atoms with Gasteiger partial charge in [0, 0.05) is 16.8 Å². The number of benzene rings is 1. The average molecular weight is 282 g/mol. The second kappa shape index (κ2) is 5.48. The van der Waals surface area contributed by atoms with Gasteiger partial charge in [-0.2, -0.15) is 13.2 Å². The van der Waals surface area contributed by atoms with Crippen LogP contribution >= 0.6 is 11.6 Å². The highest BCUT2D eigenvalue weighted by molar-refractivity contribution is 6.30. The van der Waals surface area contributed by atoms with Gasteiger partial charge in [0.1, 0.15) is 0 Å². The van der Waals surface area contributed by atoms with Crippen LogP contribution in [0.1, 0.15) is 18.9 Å². The largest absolute Gasteiger partial charge is 0.481 e. The summed E-state index contributed by atoms with van der Waals surface area (Å²) in [6, 6.07) is 2.68. The first kappa shape index (κ1) is 14.6. The molecule has 2 N–H and O–H groups in total. The minimum atomic E-state index is -4.55. The van der Waals surface area contributed by atoms with Gasteiger partial charge in [-0.3, -0.25) is 4.79 Å². The van der Waals surface area contributed by atoms with Crippen molar-refractivity contribution in [3.05, 3.63) is 28.8 Å². The van der Waals surface area contributed by atoms with Crippen LogP contribution in [0.25, 0.3) is 0 Å². The Labute approximate surface area is 107 Å². The Balaban J connectivity index is 2.98. The molecule has 0 aliphatic rings. The predicted molar refractivity (Wildman–Crippen MR) is 61.8 cm³/mol. The first-order valence-corrected chi connectivity index (χ1v) is 5.43. The molecule has 0 fully saturated rings. The van der Waals surface area contributed by atoms with Crippen LogP contribution in [0.3, 0.4) is 0 Å². The van der Waals surface area contributed by atoms with Gasteiger partial charge in [0.2, 0.25) is 0 Å². The molecule has 1 atom stereocenters. The number of carbonyl (C=O) groups is 1. The third-order valence-corrected chi connectivity index (χ3v) is 2.40. The van der Waals surface area contributed by atoms with Gasteiger partial charge in [-0.25, -0.2) is 0 Å². The van der Waals surface area contributed by atoms with Crippen molar-refractivity contribution >= 4 is 23.3 Å². The number of aliphatic carboxylic acids is 1. The molecule has 0 bridgehead atoms. The van der Waals surface area contributed by atoms with Gasteiger partial charge in [-0.05, 0) is 25.1 Å². The van der Waals surface area contributed by atoms with Gasteiger partial charge in [-0.1, -0.05) is 11.6 Å². The van der Waals surface area contributed by atoms with E-state index >= 15 is 0 Å². The Morgan fingerprint density at radius 3 is 2.61 bits per heavy atom. The predicted octanol–water partition coefficient (Wildman–Crippen LogP) is 3.63. The zero-order chi connectivity index (χ0) is 13.9. The van der Waals surface area contributed by atoms with E-state index < -0.39 is 23.8 Å². The monoisotopic (exact) mass is 281 g/mol. The zero-order valence-corrected chi connectivity index (χ0v) is 10.1. The van der Waals surface area contributed by atoms with Gasteiger partial charge >= 0.3 is 12.1 Å². The highest BCUT2D eigenvalue weighted by atomic mass is 35.5. The molecule has 7 heteroatoms.